The van der Waals surface area contributed by atoms with Crippen LogP contribution >= 0.6 is 0 Å². The van der Waals surface area contributed by atoms with E-state index >= 15 is 0 Å². The SMILES string of the molecule is CCCCCCCCCCCCCCCCCCCC/C=C/CC/C=C/C(O)C(COC1OC(CO)C(OC2OC(CO)C(OC3OC(CO)C(O)C(O)C3O)C(O)C2O)C(O)C1O)NC(=O)CCCCCCCCCCCCCCCCCCCCCCCCCCCCCCCCCC. The summed E-state index contributed by atoms with van der Waals surface area (Å²) in [4.78, 5) is 13.5. The lowest BCUT2D eigenvalue weighted by atomic mass is 9.96. The van der Waals surface area contributed by atoms with Crippen LogP contribution in [0.3, 0.4) is 0 Å². The highest BCUT2D eigenvalue weighted by molar-refractivity contribution is 5.76. The Morgan fingerprint density at radius 3 is 0.990 bits per heavy atom. The van der Waals surface area contributed by atoms with E-state index in [4.69, 9.17) is 28.4 Å². The highest BCUT2D eigenvalue weighted by atomic mass is 16.8. The number of hydrogen-bond donors (Lipinski definition) is 12. The van der Waals surface area contributed by atoms with E-state index in [-0.39, 0.29) is 18.9 Å². The molecule has 17 unspecified atom stereocenters. The van der Waals surface area contributed by atoms with Gasteiger partial charge in [-0.1, -0.05) is 346 Å². The van der Waals surface area contributed by atoms with Gasteiger partial charge in [-0.3, -0.25) is 4.79 Å². The monoisotopic (exact) mass is 1440 g/mol. The van der Waals surface area contributed by atoms with Gasteiger partial charge in [0.05, 0.1) is 38.6 Å². The lowest BCUT2D eigenvalue weighted by Crippen LogP contribution is -2.66. The van der Waals surface area contributed by atoms with Gasteiger partial charge in [0.15, 0.2) is 18.9 Å². The van der Waals surface area contributed by atoms with Crippen LogP contribution in [0.25, 0.3) is 0 Å². The minimum atomic E-state index is -1.98. The first-order valence-corrected chi connectivity index (χ1v) is 42.1. The average molecular weight is 1440 g/mol. The topological polar surface area (TPSA) is 307 Å². The fourth-order valence-electron chi connectivity index (χ4n) is 14.5. The van der Waals surface area contributed by atoms with Crippen molar-refractivity contribution in [1.82, 2.24) is 5.32 Å². The zero-order valence-electron chi connectivity index (χ0n) is 63.9. The van der Waals surface area contributed by atoms with Crippen molar-refractivity contribution in [2.45, 2.75) is 465 Å². The van der Waals surface area contributed by atoms with E-state index in [0.29, 0.717) is 12.8 Å². The van der Waals surface area contributed by atoms with Gasteiger partial charge in [0, 0.05) is 6.42 Å². The predicted molar refractivity (Wildman–Crippen MR) is 402 cm³/mol. The van der Waals surface area contributed by atoms with Crippen molar-refractivity contribution in [1.29, 1.82) is 0 Å². The Labute approximate surface area is 613 Å². The van der Waals surface area contributed by atoms with E-state index in [1.165, 1.54) is 289 Å². The fourth-order valence-corrected chi connectivity index (χ4v) is 14.5. The number of carbonyl (C=O) groups excluding carboxylic acids is 1. The molecule has 101 heavy (non-hydrogen) atoms. The summed E-state index contributed by atoms with van der Waals surface area (Å²) in [6.45, 7) is 1.78. The molecular weight excluding hydrogens is 1290 g/mol. The Morgan fingerprint density at radius 1 is 0.347 bits per heavy atom. The predicted octanol–water partition coefficient (Wildman–Crippen LogP) is 14.5. The highest BCUT2D eigenvalue weighted by Crippen LogP contribution is 2.33. The maximum absolute atomic E-state index is 13.5. The summed E-state index contributed by atoms with van der Waals surface area (Å²) >= 11 is 0. The fraction of sp³-hybridized carbons (Fsp3) is 0.939. The number of aliphatic hydroxyl groups is 11. The number of carbonyl (C=O) groups is 1. The molecule has 0 aromatic carbocycles. The Morgan fingerprint density at radius 2 is 0.634 bits per heavy atom. The molecule has 19 heteroatoms. The molecule has 0 spiro atoms. The molecule has 17 atom stereocenters. The molecule has 0 aromatic rings. The van der Waals surface area contributed by atoms with E-state index < -0.39 is 124 Å². The molecule has 0 radical (unpaired) electrons. The molecule has 0 aromatic heterocycles. The van der Waals surface area contributed by atoms with Crippen molar-refractivity contribution in [3.8, 4) is 0 Å². The lowest BCUT2D eigenvalue weighted by Gasteiger charge is -2.48. The van der Waals surface area contributed by atoms with Gasteiger partial charge >= 0.3 is 0 Å². The van der Waals surface area contributed by atoms with Crippen LogP contribution in [0.4, 0.5) is 0 Å². The third kappa shape index (κ3) is 43.2. The van der Waals surface area contributed by atoms with Gasteiger partial charge in [-0.25, -0.2) is 0 Å². The second-order valence-corrected chi connectivity index (χ2v) is 30.3. The zero-order chi connectivity index (χ0) is 73.2. The zero-order valence-corrected chi connectivity index (χ0v) is 63.9. The maximum atomic E-state index is 13.5. The quantitative estimate of drug-likeness (QED) is 0.0199. The maximum Gasteiger partial charge on any atom is 0.220 e. The Bertz CT molecular complexity index is 1920. The molecule has 19 nitrogen and oxygen atoms in total. The number of aliphatic hydroxyl groups excluding tert-OH is 11. The lowest BCUT2D eigenvalue weighted by molar-refractivity contribution is -0.379. The van der Waals surface area contributed by atoms with Gasteiger partial charge in [0.1, 0.15) is 73.2 Å². The van der Waals surface area contributed by atoms with Crippen LogP contribution in [0.1, 0.15) is 361 Å². The molecule has 3 rings (SSSR count). The van der Waals surface area contributed by atoms with Gasteiger partial charge in [-0.15, -0.1) is 0 Å². The van der Waals surface area contributed by atoms with Crippen molar-refractivity contribution in [3.05, 3.63) is 24.3 Å². The first-order chi connectivity index (χ1) is 49.3. The van der Waals surface area contributed by atoms with E-state index in [1.807, 2.05) is 6.08 Å². The van der Waals surface area contributed by atoms with E-state index in [9.17, 15) is 61.0 Å². The van der Waals surface area contributed by atoms with Crippen molar-refractivity contribution in [2.75, 3.05) is 26.4 Å². The summed E-state index contributed by atoms with van der Waals surface area (Å²) < 4.78 is 34.5. The van der Waals surface area contributed by atoms with Crippen LogP contribution in [0, 0.1) is 0 Å². The van der Waals surface area contributed by atoms with E-state index in [1.54, 1.807) is 6.08 Å². The molecule has 3 aliphatic heterocycles. The molecule has 0 aliphatic carbocycles. The van der Waals surface area contributed by atoms with Crippen molar-refractivity contribution in [2.24, 2.45) is 0 Å². The van der Waals surface area contributed by atoms with Gasteiger partial charge in [-0.05, 0) is 32.1 Å². The molecule has 1 amide bonds. The highest BCUT2D eigenvalue weighted by Gasteiger charge is 2.54. The largest absolute Gasteiger partial charge is 0.394 e. The molecule has 596 valence electrons. The van der Waals surface area contributed by atoms with Crippen LogP contribution in [0.15, 0.2) is 24.3 Å². The van der Waals surface area contributed by atoms with Crippen LogP contribution in [0.2, 0.25) is 0 Å². The summed E-state index contributed by atoms with van der Waals surface area (Å²) in [6.07, 6.45) is 50.4. The summed E-state index contributed by atoms with van der Waals surface area (Å²) in [5, 5.41) is 121. The smallest absolute Gasteiger partial charge is 0.220 e. The number of nitrogens with one attached hydrogen (secondary N) is 1. The number of amides is 1. The first kappa shape index (κ1) is 93.5. The Hall–Kier alpha value is -1.73. The number of unbranched alkanes of at least 4 members (excludes halogenated alkanes) is 50. The Balaban J connectivity index is 1.36. The minimum Gasteiger partial charge on any atom is -0.394 e. The molecule has 3 fully saturated rings. The van der Waals surface area contributed by atoms with Crippen LogP contribution in [-0.4, -0.2) is 193 Å². The Kier molecular flexibility index (Phi) is 58.5. The number of rotatable bonds is 68. The molecule has 3 saturated heterocycles. The molecule has 3 heterocycles. The summed E-state index contributed by atoms with van der Waals surface area (Å²) in [6, 6.07) is -0.988. The van der Waals surface area contributed by atoms with Gasteiger partial charge < -0.3 is 89.9 Å². The number of ether oxygens (including phenoxy) is 6. The van der Waals surface area contributed by atoms with Gasteiger partial charge in [0.2, 0.25) is 5.91 Å². The van der Waals surface area contributed by atoms with Crippen LogP contribution < -0.4 is 5.32 Å². The number of hydrogen-bond acceptors (Lipinski definition) is 18. The summed E-state index contributed by atoms with van der Waals surface area (Å²) in [5.74, 6) is -0.277. The van der Waals surface area contributed by atoms with Gasteiger partial charge in [0.25, 0.3) is 0 Å². The van der Waals surface area contributed by atoms with E-state index in [2.05, 4.69) is 31.3 Å². The summed E-state index contributed by atoms with van der Waals surface area (Å²) in [5.41, 5.74) is 0. The standard InChI is InChI=1S/C82H155NO18/c1-3-5-7-9-11-13-15-17-19-21-23-25-27-29-30-31-32-33-34-35-36-38-40-42-44-46-48-50-52-54-56-58-60-70(88)83-65(66(87)59-57-55-53-51-49-47-45-43-41-39-37-28-26-24-22-20-18-16-14-12-10-8-6-4-2)64-96-80-76(94)73(91)78(68(62-85)98-80)101-82-77(95)74(92)79(69(63-86)99-82)100-81-75(93)72(90)71(89)67(61-84)97-81/h49,51,57,59,65-69,71-82,84-87,89-95H,3-48,50,52-56,58,60-64H2,1-2H3,(H,83,88)/b51-49+,59-57+. The van der Waals surface area contributed by atoms with Crippen LogP contribution in [0.5, 0.6) is 0 Å². The molecule has 12 N–H and O–H groups in total. The van der Waals surface area contributed by atoms with E-state index in [0.717, 1.165) is 38.5 Å². The van der Waals surface area contributed by atoms with Crippen molar-refractivity contribution >= 4 is 5.91 Å². The van der Waals surface area contributed by atoms with Crippen LogP contribution in [-0.2, 0) is 33.2 Å². The second-order valence-electron chi connectivity index (χ2n) is 30.3. The first-order valence-electron chi connectivity index (χ1n) is 42.1. The third-order valence-corrected chi connectivity index (χ3v) is 21.3. The second kappa shape index (κ2) is 63.2. The van der Waals surface area contributed by atoms with Crippen molar-refractivity contribution < 1.29 is 89.4 Å². The minimum absolute atomic E-state index is 0.241. The van der Waals surface area contributed by atoms with Gasteiger partial charge in [-0.2, -0.15) is 0 Å². The molecule has 0 saturated carbocycles. The molecular formula is C82H155NO18. The number of allylic oxidation sites excluding steroid dienone is 3. The normalized spacial score (nSPS) is 26.4. The summed E-state index contributed by atoms with van der Waals surface area (Å²) in [7, 11) is 0. The average Bonchev–Trinajstić information content (AvgIpc) is 0.780. The van der Waals surface area contributed by atoms with Crippen molar-refractivity contribution in [3.63, 3.8) is 0 Å². The third-order valence-electron chi connectivity index (χ3n) is 21.3. The molecule has 0 bridgehead atoms. The molecule has 3 aliphatic rings.